The molecule has 4 heteroatoms. The second kappa shape index (κ2) is 7.90. The molecule has 3 rings (SSSR count). The first kappa shape index (κ1) is 17.1. The van der Waals surface area contributed by atoms with Gasteiger partial charge in [0, 0.05) is 18.1 Å². The monoisotopic (exact) mass is 347 g/mol. The summed E-state index contributed by atoms with van der Waals surface area (Å²) < 4.78 is 0. The quantitative estimate of drug-likeness (QED) is 0.666. The summed E-state index contributed by atoms with van der Waals surface area (Å²) in [5.74, 6) is 0. The molecule has 0 amide bonds. The van der Waals surface area contributed by atoms with Crippen LogP contribution >= 0.6 is 12.2 Å². The maximum Gasteiger partial charge on any atom is 0.171 e. The van der Waals surface area contributed by atoms with Crippen LogP contribution in [0.1, 0.15) is 28.3 Å². The van der Waals surface area contributed by atoms with Gasteiger partial charge < -0.3 is 10.6 Å². The number of hydrogen-bond donors (Lipinski definition) is 2. The van der Waals surface area contributed by atoms with E-state index in [4.69, 9.17) is 12.2 Å². The molecular formula is C21H21N3S. The van der Waals surface area contributed by atoms with Gasteiger partial charge in [-0.05, 0) is 72.6 Å². The highest BCUT2D eigenvalue weighted by Crippen LogP contribution is 2.22. The predicted molar refractivity (Wildman–Crippen MR) is 108 cm³/mol. The van der Waals surface area contributed by atoms with Crippen molar-refractivity contribution in [1.82, 2.24) is 10.3 Å². The number of rotatable bonds is 4. The molecule has 0 aliphatic heterocycles. The van der Waals surface area contributed by atoms with E-state index in [1.54, 1.807) is 12.4 Å². The number of nitrogens with one attached hydrogen (secondary N) is 2. The van der Waals surface area contributed by atoms with Gasteiger partial charge in [0.1, 0.15) is 0 Å². The number of thiocarbonyl (C=S) groups is 1. The molecular weight excluding hydrogens is 326 g/mol. The molecule has 1 aromatic heterocycles. The van der Waals surface area contributed by atoms with Crippen LogP contribution in [0.15, 0.2) is 73.1 Å². The van der Waals surface area contributed by atoms with Crippen molar-refractivity contribution in [2.24, 2.45) is 0 Å². The van der Waals surface area contributed by atoms with Crippen LogP contribution in [-0.2, 0) is 0 Å². The highest BCUT2D eigenvalue weighted by Gasteiger charge is 2.15. The van der Waals surface area contributed by atoms with Gasteiger partial charge in [0.25, 0.3) is 0 Å². The van der Waals surface area contributed by atoms with E-state index in [-0.39, 0.29) is 6.04 Å². The fourth-order valence-corrected chi connectivity index (χ4v) is 2.91. The lowest BCUT2D eigenvalue weighted by Gasteiger charge is -2.22. The van der Waals surface area contributed by atoms with Crippen molar-refractivity contribution >= 4 is 23.0 Å². The first-order valence-corrected chi connectivity index (χ1v) is 8.64. The van der Waals surface area contributed by atoms with E-state index in [1.165, 1.54) is 11.1 Å². The molecule has 0 spiro atoms. The summed E-state index contributed by atoms with van der Waals surface area (Å²) in [5.41, 5.74) is 5.76. The number of aryl methyl sites for hydroxylation is 2. The minimum atomic E-state index is -0.0317. The van der Waals surface area contributed by atoms with Gasteiger partial charge in [-0.25, -0.2) is 0 Å². The van der Waals surface area contributed by atoms with Crippen LogP contribution in [0.2, 0.25) is 0 Å². The Labute approximate surface area is 154 Å². The number of aromatic nitrogens is 1. The summed E-state index contributed by atoms with van der Waals surface area (Å²) in [5, 5.41) is 7.30. The van der Waals surface area contributed by atoms with Gasteiger partial charge in [0.15, 0.2) is 5.11 Å². The van der Waals surface area contributed by atoms with Gasteiger partial charge in [-0.2, -0.15) is 0 Å². The lowest BCUT2D eigenvalue weighted by molar-refractivity contribution is 0.767. The van der Waals surface area contributed by atoms with E-state index in [9.17, 15) is 0 Å². The molecule has 0 bridgehead atoms. The second-order valence-corrected chi connectivity index (χ2v) is 6.43. The van der Waals surface area contributed by atoms with Gasteiger partial charge in [0.2, 0.25) is 0 Å². The fourth-order valence-electron chi connectivity index (χ4n) is 2.68. The normalized spacial score (nSPS) is 11.6. The van der Waals surface area contributed by atoms with Gasteiger partial charge in [-0.1, -0.05) is 36.4 Å². The lowest BCUT2D eigenvalue weighted by Crippen LogP contribution is -2.33. The van der Waals surface area contributed by atoms with Crippen molar-refractivity contribution in [2.45, 2.75) is 19.9 Å². The molecule has 0 aliphatic carbocycles. The molecule has 3 nitrogen and oxygen atoms in total. The Morgan fingerprint density at radius 2 is 1.56 bits per heavy atom. The van der Waals surface area contributed by atoms with Gasteiger partial charge in [-0.15, -0.1) is 0 Å². The van der Waals surface area contributed by atoms with Crippen molar-refractivity contribution in [3.8, 4) is 0 Å². The molecule has 1 atom stereocenters. The Balaban J connectivity index is 1.80. The zero-order chi connectivity index (χ0) is 17.6. The highest BCUT2D eigenvalue weighted by molar-refractivity contribution is 7.80. The van der Waals surface area contributed by atoms with Crippen molar-refractivity contribution in [1.29, 1.82) is 0 Å². The minimum Gasteiger partial charge on any atom is -0.352 e. The summed E-state index contributed by atoms with van der Waals surface area (Å²) in [6.07, 6.45) is 3.60. The van der Waals surface area contributed by atoms with Gasteiger partial charge in [0.05, 0.1) is 6.04 Å². The third-order valence-electron chi connectivity index (χ3n) is 4.21. The Kier molecular flexibility index (Phi) is 5.41. The van der Waals surface area contributed by atoms with E-state index in [2.05, 4.69) is 53.7 Å². The number of nitrogens with zero attached hydrogens (tertiary/aromatic N) is 1. The number of benzene rings is 2. The average Bonchev–Trinajstić information content (AvgIpc) is 2.64. The maximum atomic E-state index is 5.55. The van der Waals surface area contributed by atoms with Crippen LogP contribution in [-0.4, -0.2) is 10.1 Å². The molecule has 0 unspecified atom stereocenters. The summed E-state index contributed by atoms with van der Waals surface area (Å²) in [6.45, 7) is 4.20. The second-order valence-electron chi connectivity index (χ2n) is 6.02. The molecule has 0 saturated carbocycles. The average molecular weight is 347 g/mol. The van der Waals surface area contributed by atoms with Crippen LogP contribution in [0.4, 0.5) is 5.69 Å². The number of anilines is 1. The zero-order valence-corrected chi connectivity index (χ0v) is 15.2. The molecule has 0 saturated heterocycles. The lowest BCUT2D eigenvalue weighted by atomic mass is 10.00. The van der Waals surface area contributed by atoms with Crippen LogP contribution in [0.5, 0.6) is 0 Å². The highest BCUT2D eigenvalue weighted by atomic mass is 32.1. The molecule has 0 radical (unpaired) electrons. The number of hydrogen-bond acceptors (Lipinski definition) is 2. The van der Waals surface area contributed by atoms with Crippen molar-refractivity contribution in [3.05, 3.63) is 95.3 Å². The summed E-state index contributed by atoms with van der Waals surface area (Å²) in [6, 6.07) is 20.5. The molecule has 2 N–H and O–H groups in total. The molecule has 1 heterocycles. The van der Waals surface area contributed by atoms with E-state index < -0.39 is 0 Å². The van der Waals surface area contributed by atoms with E-state index in [0.717, 1.165) is 16.8 Å². The third-order valence-corrected chi connectivity index (χ3v) is 4.43. The Morgan fingerprint density at radius 1 is 0.880 bits per heavy atom. The molecule has 25 heavy (non-hydrogen) atoms. The van der Waals surface area contributed by atoms with Crippen molar-refractivity contribution in [2.75, 3.05) is 5.32 Å². The van der Waals surface area contributed by atoms with Gasteiger partial charge in [-0.3, -0.25) is 4.98 Å². The molecule has 3 aromatic rings. The largest absolute Gasteiger partial charge is 0.352 e. The predicted octanol–water partition coefficient (Wildman–Crippen LogP) is 4.77. The first-order valence-electron chi connectivity index (χ1n) is 8.23. The van der Waals surface area contributed by atoms with Crippen molar-refractivity contribution < 1.29 is 0 Å². The van der Waals surface area contributed by atoms with Crippen LogP contribution < -0.4 is 10.6 Å². The smallest absolute Gasteiger partial charge is 0.171 e. The summed E-state index contributed by atoms with van der Waals surface area (Å²) in [7, 11) is 0. The molecule has 0 fully saturated rings. The zero-order valence-electron chi connectivity index (χ0n) is 14.4. The SMILES string of the molecule is Cc1ccc(NC(=S)N[C@@H](c2ccccc2)c2ccncc2)cc1C. The fraction of sp³-hybridized carbons (Fsp3) is 0.143. The van der Waals surface area contributed by atoms with E-state index in [1.807, 2.05) is 36.4 Å². The maximum absolute atomic E-state index is 5.55. The van der Waals surface area contributed by atoms with E-state index in [0.29, 0.717) is 5.11 Å². The summed E-state index contributed by atoms with van der Waals surface area (Å²) >= 11 is 5.55. The standard InChI is InChI=1S/C21H21N3S/c1-15-8-9-19(14-16(15)2)23-21(25)24-20(17-6-4-3-5-7-17)18-10-12-22-13-11-18/h3-14,20H,1-2H3,(H2,23,24,25)/t20-/m0/s1. The van der Waals surface area contributed by atoms with Crippen LogP contribution in [0.3, 0.4) is 0 Å². The topological polar surface area (TPSA) is 37.0 Å². The third kappa shape index (κ3) is 4.43. The minimum absolute atomic E-state index is 0.0317. The van der Waals surface area contributed by atoms with Crippen LogP contribution in [0, 0.1) is 13.8 Å². The molecule has 2 aromatic carbocycles. The molecule has 0 aliphatic rings. The van der Waals surface area contributed by atoms with Crippen LogP contribution in [0.25, 0.3) is 0 Å². The first-order chi connectivity index (χ1) is 12.1. The summed E-state index contributed by atoms with van der Waals surface area (Å²) in [4.78, 5) is 4.11. The number of pyridine rings is 1. The van der Waals surface area contributed by atoms with Gasteiger partial charge >= 0.3 is 0 Å². The Hall–Kier alpha value is -2.72. The van der Waals surface area contributed by atoms with E-state index >= 15 is 0 Å². The Morgan fingerprint density at radius 3 is 2.24 bits per heavy atom. The van der Waals surface area contributed by atoms with Crippen molar-refractivity contribution in [3.63, 3.8) is 0 Å². The Bertz CT molecular complexity index is 808. The molecule has 126 valence electrons.